The van der Waals surface area contributed by atoms with Gasteiger partial charge in [-0.2, -0.15) is 4.98 Å². The average Bonchev–Trinajstić information content (AvgIpc) is 3.25. The maximum absolute atomic E-state index is 5.96. The van der Waals surface area contributed by atoms with Gasteiger partial charge in [0.05, 0.1) is 12.9 Å². The zero-order valence-corrected chi connectivity index (χ0v) is 16.4. The summed E-state index contributed by atoms with van der Waals surface area (Å²) in [7, 11) is 0. The van der Waals surface area contributed by atoms with Crippen molar-refractivity contribution in [1.82, 2.24) is 19.5 Å². The van der Waals surface area contributed by atoms with Crippen molar-refractivity contribution in [3.05, 3.63) is 46.8 Å². The summed E-state index contributed by atoms with van der Waals surface area (Å²) in [6.07, 6.45) is 9.91. The first kappa shape index (κ1) is 16.7. The maximum atomic E-state index is 5.96. The molecule has 0 spiro atoms. The molecule has 1 N–H and O–H groups in total. The van der Waals surface area contributed by atoms with Gasteiger partial charge in [-0.1, -0.05) is 25.3 Å². The highest BCUT2D eigenvalue weighted by atomic mass is 79.9. The summed E-state index contributed by atoms with van der Waals surface area (Å²) in [6, 6.07) is 9.24. The van der Waals surface area contributed by atoms with Gasteiger partial charge in [0.2, 0.25) is 0 Å². The number of pyridine rings is 1. The topological polar surface area (TPSA) is 68.8 Å². The molecule has 0 radical (unpaired) electrons. The summed E-state index contributed by atoms with van der Waals surface area (Å²) < 4.78 is 8.94. The molecule has 3 heterocycles. The highest BCUT2D eigenvalue weighted by molar-refractivity contribution is 9.10. The van der Waals surface area contributed by atoms with Gasteiger partial charge in [0.15, 0.2) is 11.2 Å². The molecule has 1 aliphatic carbocycles. The molecule has 4 aromatic rings. The summed E-state index contributed by atoms with van der Waals surface area (Å²) in [5.74, 6) is 0. The van der Waals surface area contributed by atoms with E-state index < -0.39 is 0 Å². The number of fused-ring (bicyclic) bond motifs is 2. The summed E-state index contributed by atoms with van der Waals surface area (Å²) in [4.78, 5) is 13.5. The molecule has 0 amide bonds. The van der Waals surface area contributed by atoms with Crippen molar-refractivity contribution in [1.29, 1.82) is 0 Å². The number of nitrogens with one attached hydrogen (secondary N) is 1. The number of hydrogen-bond donors (Lipinski definition) is 1. The number of imidazole rings is 1. The van der Waals surface area contributed by atoms with Gasteiger partial charge in [0, 0.05) is 16.7 Å². The van der Waals surface area contributed by atoms with Gasteiger partial charge < -0.3 is 14.3 Å². The molecular formula is C20H20BrN5O. The Hall–Kier alpha value is -2.41. The third-order valence-corrected chi connectivity index (χ3v) is 5.59. The Kier molecular flexibility index (Phi) is 4.32. The van der Waals surface area contributed by atoms with Crippen LogP contribution in [0.3, 0.4) is 0 Å². The average molecular weight is 426 g/mol. The zero-order valence-electron chi connectivity index (χ0n) is 14.9. The summed E-state index contributed by atoms with van der Waals surface area (Å²) >= 11 is 3.44. The van der Waals surface area contributed by atoms with Crippen molar-refractivity contribution >= 4 is 44.2 Å². The minimum atomic E-state index is 0.481. The largest absolute Gasteiger partial charge is 0.424 e. The van der Waals surface area contributed by atoms with Crippen molar-refractivity contribution < 1.29 is 4.42 Å². The van der Waals surface area contributed by atoms with E-state index in [1.54, 1.807) is 6.20 Å². The number of nitrogens with zero attached hydrogens (tertiary/aromatic N) is 4. The van der Waals surface area contributed by atoms with E-state index in [1.165, 1.54) is 32.1 Å². The number of anilines is 1. The van der Waals surface area contributed by atoms with Crippen LogP contribution in [0.2, 0.25) is 0 Å². The summed E-state index contributed by atoms with van der Waals surface area (Å²) in [6.45, 7) is 0.688. The molecule has 27 heavy (non-hydrogen) atoms. The first-order chi connectivity index (χ1) is 13.2. The van der Waals surface area contributed by atoms with E-state index in [0.717, 1.165) is 32.3 Å². The fourth-order valence-corrected chi connectivity index (χ4v) is 4.11. The Bertz CT molecular complexity index is 1100. The Morgan fingerprint density at radius 3 is 2.89 bits per heavy atom. The van der Waals surface area contributed by atoms with Crippen molar-refractivity contribution in [2.75, 3.05) is 5.32 Å². The molecule has 7 heteroatoms. The summed E-state index contributed by atoms with van der Waals surface area (Å²) in [5.41, 5.74) is 4.58. The van der Waals surface area contributed by atoms with Crippen LogP contribution in [0.5, 0.6) is 0 Å². The maximum Gasteiger partial charge on any atom is 0.295 e. The molecule has 0 aliphatic heterocycles. The van der Waals surface area contributed by atoms with E-state index in [0.29, 0.717) is 18.6 Å². The number of halogens is 1. The van der Waals surface area contributed by atoms with Gasteiger partial charge in [-0.15, -0.1) is 0 Å². The van der Waals surface area contributed by atoms with E-state index in [-0.39, 0.29) is 0 Å². The third-order valence-electron chi connectivity index (χ3n) is 5.16. The van der Waals surface area contributed by atoms with Crippen molar-refractivity contribution in [2.45, 2.75) is 44.7 Å². The lowest BCUT2D eigenvalue weighted by atomic mass is 9.96. The Morgan fingerprint density at radius 1 is 1.11 bits per heavy atom. The SMILES string of the molecule is Brc1cnc2c(c1)ncn2Cc1ccc2nc(NC3CCCCC3)oc2c1. The lowest BCUT2D eigenvalue weighted by Crippen LogP contribution is -2.22. The van der Waals surface area contributed by atoms with Crippen LogP contribution < -0.4 is 5.32 Å². The number of rotatable bonds is 4. The quantitative estimate of drug-likeness (QED) is 0.490. The molecule has 1 aliphatic rings. The molecule has 0 bridgehead atoms. The molecule has 1 saturated carbocycles. The predicted molar refractivity (Wildman–Crippen MR) is 109 cm³/mol. The Balaban J connectivity index is 1.38. The minimum absolute atomic E-state index is 0.481. The van der Waals surface area contributed by atoms with Gasteiger partial charge in [0.1, 0.15) is 11.0 Å². The van der Waals surface area contributed by atoms with Gasteiger partial charge in [0.25, 0.3) is 6.01 Å². The van der Waals surface area contributed by atoms with E-state index >= 15 is 0 Å². The highest BCUT2D eigenvalue weighted by Gasteiger charge is 2.16. The first-order valence-corrected chi connectivity index (χ1v) is 10.2. The van der Waals surface area contributed by atoms with Crippen LogP contribution in [-0.4, -0.2) is 25.6 Å². The van der Waals surface area contributed by atoms with Gasteiger partial charge in [-0.05, 0) is 52.5 Å². The van der Waals surface area contributed by atoms with E-state index in [4.69, 9.17) is 4.42 Å². The molecule has 6 nitrogen and oxygen atoms in total. The van der Waals surface area contributed by atoms with Crippen LogP contribution in [0, 0.1) is 0 Å². The van der Waals surface area contributed by atoms with Crippen LogP contribution in [0.4, 0.5) is 6.01 Å². The fourth-order valence-electron chi connectivity index (χ4n) is 3.79. The van der Waals surface area contributed by atoms with E-state index in [9.17, 15) is 0 Å². The molecule has 0 atom stereocenters. The second kappa shape index (κ2) is 6.96. The van der Waals surface area contributed by atoms with Crippen LogP contribution in [0.25, 0.3) is 22.3 Å². The van der Waals surface area contributed by atoms with Crippen LogP contribution >= 0.6 is 15.9 Å². The Morgan fingerprint density at radius 2 is 2.00 bits per heavy atom. The van der Waals surface area contributed by atoms with E-state index in [1.807, 2.05) is 23.0 Å². The molecule has 5 rings (SSSR count). The van der Waals surface area contributed by atoms with Crippen molar-refractivity contribution in [3.63, 3.8) is 0 Å². The highest BCUT2D eigenvalue weighted by Crippen LogP contribution is 2.25. The monoisotopic (exact) mass is 425 g/mol. The molecular weight excluding hydrogens is 406 g/mol. The molecule has 138 valence electrons. The lowest BCUT2D eigenvalue weighted by molar-refractivity contribution is 0.451. The van der Waals surface area contributed by atoms with Gasteiger partial charge in [-0.3, -0.25) is 0 Å². The second-order valence-corrected chi connectivity index (χ2v) is 8.08. The zero-order chi connectivity index (χ0) is 18.2. The van der Waals surface area contributed by atoms with Crippen LogP contribution in [0.1, 0.15) is 37.7 Å². The van der Waals surface area contributed by atoms with Crippen molar-refractivity contribution in [2.24, 2.45) is 0 Å². The second-order valence-electron chi connectivity index (χ2n) is 7.17. The molecule has 1 fully saturated rings. The summed E-state index contributed by atoms with van der Waals surface area (Å²) in [5, 5.41) is 3.46. The standard InChI is InChI=1S/C20H20BrN5O/c21-14-9-17-19(22-10-14)26(12-23-17)11-13-6-7-16-18(8-13)27-20(25-16)24-15-4-2-1-3-5-15/h6-10,12,15H,1-5,11H2,(H,24,25). The van der Waals surface area contributed by atoms with Crippen molar-refractivity contribution in [3.8, 4) is 0 Å². The normalized spacial score (nSPS) is 15.6. The van der Waals surface area contributed by atoms with Gasteiger partial charge >= 0.3 is 0 Å². The fraction of sp³-hybridized carbons (Fsp3) is 0.350. The molecule has 0 saturated heterocycles. The number of aromatic nitrogens is 4. The lowest BCUT2D eigenvalue weighted by Gasteiger charge is -2.21. The smallest absolute Gasteiger partial charge is 0.295 e. The number of hydrogen-bond acceptors (Lipinski definition) is 5. The van der Waals surface area contributed by atoms with Gasteiger partial charge in [-0.25, -0.2) is 9.97 Å². The molecule has 3 aromatic heterocycles. The first-order valence-electron chi connectivity index (χ1n) is 9.37. The molecule has 0 unspecified atom stereocenters. The number of benzene rings is 1. The third kappa shape index (κ3) is 3.43. The number of oxazole rings is 1. The molecule has 1 aromatic carbocycles. The Labute approximate surface area is 165 Å². The minimum Gasteiger partial charge on any atom is -0.424 e. The van der Waals surface area contributed by atoms with Crippen LogP contribution in [0.15, 0.2) is 45.7 Å². The predicted octanol–water partition coefficient (Wildman–Crippen LogP) is 5.13. The van der Waals surface area contributed by atoms with E-state index in [2.05, 4.69) is 48.3 Å². The van der Waals surface area contributed by atoms with Crippen LogP contribution in [-0.2, 0) is 6.54 Å².